The molecule has 0 N–H and O–H groups in total. The van der Waals surface area contributed by atoms with E-state index in [1.807, 2.05) is 6.92 Å². The van der Waals surface area contributed by atoms with E-state index in [-0.39, 0.29) is 28.0 Å². The van der Waals surface area contributed by atoms with E-state index in [4.69, 9.17) is 4.74 Å². The summed E-state index contributed by atoms with van der Waals surface area (Å²) in [5.74, 6) is -4.58. The van der Waals surface area contributed by atoms with Crippen molar-refractivity contribution in [2.45, 2.75) is 32.1 Å². The number of benzene rings is 4. The van der Waals surface area contributed by atoms with Gasteiger partial charge < -0.3 is 4.74 Å². The van der Waals surface area contributed by atoms with Crippen molar-refractivity contribution in [2.24, 2.45) is 0 Å². The summed E-state index contributed by atoms with van der Waals surface area (Å²) in [6.45, 7) is 1.98. The lowest BCUT2D eigenvalue weighted by atomic mass is 9.98. The van der Waals surface area contributed by atoms with Crippen LogP contribution in [0.4, 0.5) is 35.1 Å². The fourth-order valence-corrected chi connectivity index (χ4v) is 3.97. The van der Waals surface area contributed by atoms with E-state index in [1.165, 1.54) is 36.4 Å². The van der Waals surface area contributed by atoms with Gasteiger partial charge in [-0.25, -0.2) is 13.2 Å². The lowest BCUT2D eigenvalue weighted by Crippen LogP contribution is -2.21. The first-order chi connectivity index (χ1) is 17.9. The van der Waals surface area contributed by atoms with Gasteiger partial charge in [-0.1, -0.05) is 55.8 Å². The van der Waals surface area contributed by atoms with Gasteiger partial charge in [-0.05, 0) is 59.5 Å². The molecule has 0 aliphatic rings. The monoisotopic (exact) mass is 536 g/mol. The molecule has 0 aromatic heterocycles. The molecule has 0 amide bonds. The predicted octanol–water partition coefficient (Wildman–Crippen LogP) is 9.54. The smallest absolute Gasteiger partial charge is 0.426 e. The van der Waals surface area contributed by atoms with Crippen LogP contribution in [0.2, 0.25) is 0 Å². The van der Waals surface area contributed by atoms with E-state index in [2.05, 4.69) is 0 Å². The van der Waals surface area contributed by atoms with Crippen molar-refractivity contribution in [3.8, 4) is 28.0 Å². The number of alkyl halides is 5. The Labute approximate surface area is 213 Å². The van der Waals surface area contributed by atoms with Crippen LogP contribution < -0.4 is 4.74 Å². The van der Waals surface area contributed by atoms with Gasteiger partial charge in [-0.2, -0.15) is 22.0 Å². The first-order valence-corrected chi connectivity index (χ1v) is 11.5. The number of aryl methyl sites for hydroxylation is 1. The Bertz CT molecular complexity index is 1430. The molecule has 198 valence electrons. The molecule has 0 unspecified atom stereocenters. The van der Waals surface area contributed by atoms with Gasteiger partial charge in [0.05, 0.1) is 11.1 Å². The van der Waals surface area contributed by atoms with E-state index < -0.39 is 40.9 Å². The molecule has 0 saturated carbocycles. The third-order valence-corrected chi connectivity index (χ3v) is 5.91. The number of ether oxygens (including phenoxy) is 1. The average Bonchev–Trinajstić information content (AvgIpc) is 2.86. The van der Waals surface area contributed by atoms with Crippen molar-refractivity contribution in [1.82, 2.24) is 0 Å². The van der Waals surface area contributed by atoms with Crippen LogP contribution in [0.1, 0.15) is 30.0 Å². The molecule has 4 rings (SSSR count). The molecule has 0 heterocycles. The van der Waals surface area contributed by atoms with E-state index in [9.17, 15) is 35.1 Å². The Balaban J connectivity index is 1.55. The maximum absolute atomic E-state index is 14.9. The summed E-state index contributed by atoms with van der Waals surface area (Å²) in [5.41, 5.74) is -1.78. The zero-order chi connectivity index (χ0) is 27.7. The van der Waals surface area contributed by atoms with Crippen LogP contribution in [-0.4, -0.2) is 0 Å². The maximum atomic E-state index is 14.9. The number of hydrogen-bond donors (Lipinski definition) is 0. The van der Waals surface area contributed by atoms with Crippen molar-refractivity contribution >= 4 is 0 Å². The zero-order valence-corrected chi connectivity index (χ0v) is 19.9. The minimum atomic E-state index is -4.94. The summed E-state index contributed by atoms with van der Waals surface area (Å²) in [4.78, 5) is 0. The zero-order valence-electron chi connectivity index (χ0n) is 19.9. The molecule has 0 fully saturated rings. The largest absolute Gasteiger partial charge is 0.429 e. The van der Waals surface area contributed by atoms with E-state index in [0.717, 1.165) is 36.6 Å². The molecule has 0 atom stereocenters. The van der Waals surface area contributed by atoms with Gasteiger partial charge in [0.2, 0.25) is 0 Å². The highest BCUT2D eigenvalue weighted by atomic mass is 19.4. The van der Waals surface area contributed by atoms with E-state index in [0.29, 0.717) is 12.1 Å². The van der Waals surface area contributed by atoms with Crippen LogP contribution in [0.15, 0.2) is 78.9 Å². The minimum absolute atomic E-state index is 0.131. The van der Waals surface area contributed by atoms with E-state index >= 15 is 0 Å². The predicted molar refractivity (Wildman–Crippen MR) is 127 cm³/mol. The fraction of sp³-hybridized carbons (Fsp3) is 0.172. The molecular weight excluding hydrogens is 516 g/mol. The summed E-state index contributed by atoms with van der Waals surface area (Å²) < 4.78 is 116. The summed E-state index contributed by atoms with van der Waals surface area (Å²) >= 11 is 0. The van der Waals surface area contributed by atoms with Gasteiger partial charge in [0.15, 0.2) is 11.6 Å². The quantitative estimate of drug-likeness (QED) is 0.214. The highest BCUT2D eigenvalue weighted by Gasteiger charge is 2.35. The van der Waals surface area contributed by atoms with Crippen molar-refractivity contribution in [3.05, 3.63) is 113 Å². The molecule has 0 saturated heterocycles. The molecule has 0 radical (unpaired) electrons. The Kier molecular flexibility index (Phi) is 7.49. The lowest BCUT2D eigenvalue weighted by molar-refractivity contribution is -0.185. The summed E-state index contributed by atoms with van der Waals surface area (Å²) in [6, 6.07) is 14.6. The van der Waals surface area contributed by atoms with Gasteiger partial charge in [0, 0.05) is 11.1 Å². The van der Waals surface area contributed by atoms with Crippen LogP contribution in [0.25, 0.3) is 22.3 Å². The fourth-order valence-electron chi connectivity index (χ4n) is 3.97. The Morgan fingerprint density at radius 1 is 0.658 bits per heavy atom. The Hall–Kier alpha value is -3.88. The van der Waals surface area contributed by atoms with Crippen LogP contribution in [-0.2, 0) is 18.7 Å². The first kappa shape index (κ1) is 27.2. The highest BCUT2D eigenvalue weighted by Crippen LogP contribution is 2.37. The molecule has 9 heteroatoms. The third-order valence-electron chi connectivity index (χ3n) is 5.91. The van der Waals surface area contributed by atoms with Gasteiger partial charge in [-0.15, -0.1) is 0 Å². The standard InChI is InChI=1S/C29H20F8O/c1-2-3-17-4-9-20(10-5-17)29(36,37)38-21-11-6-18(7-12-21)22-13-14-23(27(32)26(22)31)19-8-15-24(25(30)16-19)28(33,34)35/h4-16H,2-3H2,1H3. The molecule has 0 aliphatic carbocycles. The van der Waals surface area contributed by atoms with Crippen LogP contribution in [0.3, 0.4) is 0 Å². The van der Waals surface area contributed by atoms with Gasteiger partial charge in [-0.3, -0.25) is 0 Å². The average molecular weight is 536 g/mol. The number of hydrogen-bond acceptors (Lipinski definition) is 1. The topological polar surface area (TPSA) is 9.23 Å². The molecule has 4 aromatic rings. The lowest BCUT2D eigenvalue weighted by Gasteiger charge is -2.19. The highest BCUT2D eigenvalue weighted by molar-refractivity contribution is 5.72. The van der Waals surface area contributed by atoms with Gasteiger partial charge in [0.25, 0.3) is 0 Å². The molecule has 4 aromatic carbocycles. The number of halogens is 8. The summed E-state index contributed by atoms with van der Waals surface area (Å²) in [5, 5.41) is 0. The SMILES string of the molecule is CCCc1ccc(C(F)(F)Oc2ccc(-c3ccc(-c4ccc(C(F)(F)F)c(F)c4)c(F)c3F)cc2)cc1. The summed E-state index contributed by atoms with van der Waals surface area (Å²) in [7, 11) is 0. The van der Waals surface area contributed by atoms with Crippen molar-refractivity contribution in [3.63, 3.8) is 0 Å². The maximum Gasteiger partial charge on any atom is 0.426 e. The number of rotatable bonds is 7. The molecule has 38 heavy (non-hydrogen) atoms. The van der Waals surface area contributed by atoms with Gasteiger partial charge in [0.1, 0.15) is 11.6 Å². The Morgan fingerprint density at radius 2 is 1.21 bits per heavy atom. The first-order valence-electron chi connectivity index (χ1n) is 11.5. The Morgan fingerprint density at radius 3 is 1.74 bits per heavy atom. The van der Waals surface area contributed by atoms with Crippen LogP contribution >= 0.6 is 0 Å². The molecule has 1 nitrogen and oxygen atoms in total. The van der Waals surface area contributed by atoms with Crippen LogP contribution in [0, 0.1) is 17.5 Å². The molecule has 0 spiro atoms. The van der Waals surface area contributed by atoms with Crippen LogP contribution in [0.5, 0.6) is 5.75 Å². The van der Waals surface area contributed by atoms with Crippen molar-refractivity contribution in [2.75, 3.05) is 0 Å². The minimum Gasteiger partial charge on any atom is -0.429 e. The second-order valence-corrected chi connectivity index (χ2v) is 8.57. The van der Waals surface area contributed by atoms with Crippen molar-refractivity contribution in [1.29, 1.82) is 0 Å². The van der Waals surface area contributed by atoms with Crippen molar-refractivity contribution < 1.29 is 39.9 Å². The second-order valence-electron chi connectivity index (χ2n) is 8.57. The molecule has 0 bridgehead atoms. The third kappa shape index (κ3) is 5.66. The second kappa shape index (κ2) is 10.5. The molecular formula is C29H20F8O. The normalized spacial score (nSPS) is 12.0. The van der Waals surface area contributed by atoms with Gasteiger partial charge >= 0.3 is 12.3 Å². The van der Waals surface area contributed by atoms with E-state index in [1.54, 1.807) is 12.1 Å². The molecule has 0 aliphatic heterocycles. The summed E-state index contributed by atoms with van der Waals surface area (Å²) in [6.07, 6.45) is -6.94.